The van der Waals surface area contributed by atoms with Crippen molar-refractivity contribution in [2.24, 2.45) is 4.40 Å². The number of fused-ring (bicyclic) bond motifs is 1. The number of pyridine rings is 1. The van der Waals surface area contributed by atoms with Crippen molar-refractivity contribution >= 4 is 44.1 Å². The smallest absolute Gasteiger partial charge is 0.325 e. The molecule has 0 fully saturated rings. The maximum Gasteiger partial charge on any atom is 0.325 e. The third-order valence-electron chi connectivity index (χ3n) is 4.25. The van der Waals surface area contributed by atoms with Crippen LogP contribution in [-0.2, 0) is 10.0 Å². The van der Waals surface area contributed by atoms with Gasteiger partial charge >= 0.3 is 5.69 Å². The number of benzene rings is 1. The Bertz CT molecular complexity index is 1420. The molecule has 0 unspecified atom stereocenters. The van der Waals surface area contributed by atoms with Gasteiger partial charge in [0.2, 0.25) is 0 Å². The van der Waals surface area contributed by atoms with Crippen LogP contribution in [0.5, 0.6) is 5.88 Å². The van der Waals surface area contributed by atoms with Crippen LogP contribution >= 0.6 is 23.4 Å². The summed E-state index contributed by atoms with van der Waals surface area (Å²) in [4.78, 5) is 31.8. The van der Waals surface area contributed by atoms with Crippen LogP contribution in [0.15, 0.2) is 60.4 Å². The highest BCUT2D eigenvalue weighted by Gasteiger charge is 2.29. The van der Waals surface area contributed by atoms with E-state index in [-0.39, 0.29) is 14.8 Å². The molecule has 13 heteroatoms. The second kappa shape index (κ2) is 9.18. The zero-order valence-electron chi connectivity index (χ0n) is 17.1. The number of sulfonamides is 1. The number of H-pyrrole nitrogens is 3. The van der Waals surface area contributed by atoms with E-state index in [1.807, 2.05) is 48.6 Å². The van der Waals surface area contributed by atoms with Gasteiger partial charge in [0.1, 0.15) is 9.94 Å². The number of hydrogen-bond acceptors (Lipinski definition) is 7. The minimum Gasteiger partial charge on any atom is -0.859 e. The summed E-state index contributed by atoms with van der Waals surface area (Å²) in [7, 11) is -0.0512. The number of nitrogens with one attached hydrogen (secondary N) is 3. The number of rotatable bonds is 2. The predicted octanol–water partition coefficient (Wildman–Crippen LogP) is 0.907. The van der Waals surface area contributed by atoms with Gasteiger partial charge in [-0.1, -0.05) is 23.4 Å². The monoisotopic (exact) mass is 495 g/mol. The molecule has 32 heavy (non-hydrogen) atoms. The second-order valence-electron chi connectivity index (χ2n) is 6.79. The Balaban J connectivity index is 0.000000269. The number of nitrogens with zero attached hydrogens (tertiary/aromatic N) is 2. The number of aromatic amines is 3. The predicted molar refractivity (Wildman–Crippen MR) is 120 cm³/mol. The van der Waals surface area contributed by atoms with E-state index >= 15 is 0 Å². The van der Waals surface area contributed by atoms with E-state index < -0.39 is 32.7 Å². The molecular weight excluding hydrogens is 478 g/mol. The molecule has 0 atom stereocenters. The van der Waals surface area contributed by atoms with Gasteiger partial charge in [-0.3, -0.25) is 9.78 Å². The highest BCUT2D eigenvalue weighted by atomic mass is 35.5. The first-order chi connectivity index (χ1) is 15.0. The zero-order chi connectivity index (χ0) is 23.6. The molecule has 0 amide bonds. The van der Waals surface area contributed by atoms with Crippen LogP contribution < -0.4 is 26.2 Å². The van der Waals surface area contributed by atoms with E-state index in [1.165, 1.54) is 17.8 Å². The minimum atomic E-state index is -4.10. The summed E-state index contributed by atoms with van der Waals surface area (Å²) in [5.41, 5.74) is -0.761. The third-order valence-corrected chi connectivity index (χ3v) is 7.27. The molecule has 3 heterocycles. The summed E-state index contributed by atoms with van der Waals surface area (Å²) in [6.45, 7) is 1.64. The fourth-order valence-corrected chi connectivity index (χ4v) is 5.62. The highest BCUT2D eigenvalue weighted by Crippen LogP contribution is 2.39. The first kappa shape index (κ1) is 23.6. The van der Waals surface area contributed by atoms with Gasteiger partial charge in [0.15, 0.2) is 12.4 Å². The Hall–Kier alpha value is -3.09. The van der Waals surface area contributed by atoms with Crippen LogP contribution in [0.25, 0.3) is 0 Å². The fourth-order valence-electron chi connectivity index (χ4n) is 2.63. The van der Waals surface area contributed by atoms with Crippen LogP contribution in [0.1, 0.15) is 11.1 Å². The SMILES string of the molecule is CN(C)c1cc[nH+]cc1.Cc1cc2c(cc1Cl)SC(c1c([O-])[nH]c(=O)[nH]c1=O)=NS2(=O)=O. The van der Waals surface area contributed by atoms with E-state index in [4.69, 9.17) is 11.6 Å². The van der Waals surface area contributed by atoms with Crippen LogP contribution in [0.4, 0.5) is 5.69 Å². The molecule has 1 aliphatic heterocycles. The average molecular weight is 496 g/mol. The summed E-state index contributed by atoms with van der Waals surface area (Å²) in [6, 6.07) is 6.85. The molecule has 0 aliphatic carbocycles. The molecule has 3 N–H and O–H groups in total. The van der Waals surface area contributed by atoms with Gasteiger partial charge in [-0.2, -0.15) is 12.8 Å². The van der Waals surface area contributed by atoms with E-state index in [9.17, 15) is 23.1 Å². The standard InChI is InChI=1S/C12H8ClN3O5S2.C7H10N2/c1-4-2-7-6(3-5(4)13)22-11(16-23(7,20)21)8-9(17)14-12(19)15-10(8)18;1-9(2)7-3-5-8-6-4-7/h2-3H,1H3,(H3,14,15,17,18,19);3-6H,1-2H3. The number of thioether (sulfide) groups is 1. The molecule has 4 rings (SSSR count). The van der Waals surface area contributed by atoms with Gasteiger partial charge in [-0.25, -0.2) is 9.78 Å². The molecule has 0 saturated carbocycles. The average Bonchev–Trinajstić information content (AvgIpc) is 2.69. The van der Waals surface area contributed by atoms with Crippen LogP contribution in [0.3, 0.4) is 0 Å². The Morgan fingerprint density at radius 2 is 1.81 bits per heavy atom. The van der Waals surface area contributed by atoms with Crippen molar-refractivity contribution in [2.75, 3.05) is 19.0 Å². The lowest BCUT2D eigenvalue weighted by molar-refractivity contribution is -0.377. The summed E-state index contributed by atoms with van der Waals surface area (Å²) in [5.74, 6) is -1.01. The normalized spacial score (nSPS) is 13.9. The lowest BCUT2D eigenvalue weighted by Gasteiger charge is -2.18. The maximum absolute atomic E-state index is 12.3. The number of anilines is 1. The highest BCUT2D eigenvalue weighted by molar-refractivity contribution is 8.16. The molecule has 3 aromatic rings. The number of halogens is 1. The minimum absolute atomic E-state index is 0.0542. The van der Waals surface area contributed by atoms with Gasteiger partial charge in [0.25, 0.3) is 15.6 Å². The lowest BCUT2D eigenvalue weighted by Crippen LogP contribution is -2.30. The molecular formula is C19H18ClN5O5S2. The van der Waals surface area contributed by atoms with Gasteiger partial charge < -0.3 is 15.0 Å². The Labute approximate surface area is 192 Å². The molecule has 1 aromatic carbocycles. The Kier molecular flexibility index (Phi) is 6.77. The van der Waals surface area contributed by atoms with Crippen LogP contribution in [0.2, 0.25) is 5.02 Å². The van der Waals surface area contributed by atoms with Gasteiger partial charge in [-0.15, -0.1) is 0 Å². The van der Waals surface area contributed by atoms with Gasteiger partial charge in [0.05, 0.1) is 5.56 Å². The van der Waals surface area contributed by atoms with Crippen molar-refractivity contribution in [2.45, 2.75) is 16.7 Å². The van der Waals surface area contributed by atoms with E-state index in [0.717, 1.165) is 11.8 Å². The zero-order valence-corrected chi connectivity index (χ0v) is 19.5. The summed E-state index contributed by atoms with van der Waals surface area (Å²) < 4.78 is 28.1. The van der Waals surface area contributed by atoms with Crippen molar-refractivity contribution in [1.82, 2.24) is 9.97 Å². The van der Waals surface area contributed by atoms with Crippen molar-refractivity contribution in [3.63, 3.8) is 0 Å². The molecule has 168 valence electrons. The summed E-state index contributed by atoms with van der Waals surface area (Å²) in [5, 5.41) is 11.8. The maximum atomic E-state index is 12.3. The Morgan fingerprint density at radius 3 is 2.38 bits per heavy atom. The van der Waals surface area contributed by atoms with Crippen LogP contribution in [0, 0.1) is 6.92 Å². The molecule has 2 aromatic heterocycles. The van der Waals surface area contributed by atoms with Crippen molar-refractivity contribution < 1.29 is 18.5 Å². The molecule has 0 saturated heterocycles. The second-order valence-corrected chi connectivity index (χ2v) is 9.80. The first-order valence-corrected chi connectivity index (χ1v) is 11.6. The molecule has 0 spiro atoms. The largest absolute Gasteiger partial charge is 0.859 e. The van der Waals surface area contributed by atoms with Crippen LogP contribution in [-0.4, -0.2) is 37.5 Å². The quantitative estimate of drug-likeness (QED) is 0.535. The molecule has 0 radical (unpaired) electrons. The van der Waals surface area contributed by atoms with Gasteiger partial charge in [-0.05, 0) is 30.5 Å². The fraction of sp³-hybridized carbons (Fsp3) is 0.158. The third kappa shape index (κ3) is 5.03. The number of aromatic nitrogens is 3. The lowest BCUT2D eigenvalue weighted by atomic mass is 10.2. The summed E-state index contributed by atoms with van der Waals surface area (Å²) in [6.07, 6.45) is 3.82. The molecule has 10 nitrogen and oxygen atoms in total. The summed E-state index contributed by atoms with van der Waals surface area (Å²) >= 11 is 6.80. The topological polar surface area (TPSA) is 153 Å². The Morgan fingerprint density at radius 1 is 1.16 bits per heavy atom. The number of hydrogen-bond donors (Lipinski definition) is 2. The van der Waals surface area contributed by atoms with Crippen molar-refractivity contribution in [3.8, 4) is 5.88 Å². The van der Waals surface area contributed by atoms with Gasteiger partial charge in [0, 0.05) is 41.8 Å². The van der Waals surface area contributed by atoms with Crippen molar-refractivity contribution in [1.29, 1.82) is 0 Å². The van der Waals surface area contributed by atoms with E-state index in [2.05, 4.69) is 14.3 Å². The van der Waals surface area contributed by atoms with E-state index in [0.29, 0.717) is 10.6 Å². The van der Waals surface area contributed by atoms with E-state index in [1.54, 1.807) is 6.92 Å². The van der Waals surface area contributed by atoms with Crippen molar-refractivity contribution in [3.05, 3.63) is 73.6 Å². The molecule has 0 bridgehead atoms. The molecule has 1 aliphatic rings. The number of aryl methyl sites for hydroxylation is 1. The first-order valence-electron chi connectivity index (χ1n) is 9.00.